The van der Waals surface area contributed by atoms with E-state index in [4.69, 9.17) is 4.74 Å². The lowest BCUT2D eigenvalue weighted by molar-refractivity contribution is -0.149. The third kappa shape index (κ3) is 5.21. The normalized spacial score (nSPS) is 25.4. The molecule has 3 nitrogen and oxygen atoms in total. The van der Waals surface area contributed by atoms with Gasteiger partial charge in [0.1, 0.15) is 0 Å². The van der Waals surface area contributed by atoms with Crippen LogP contribution < -0.4 is 5.32 Å². The summed E-state index contributed by atoms with van der Waals surface area (Å²) in [5.41, 5.74) is 0. The molecular weight excluding hydrogens is 226 g/mol. The highest BCUT2D eigenvalue weighted by Crippen LogP contribution is 2.25. The first-order chi connectivity index (χ1) is 8.67. The first-order valence-corrected chi connectivity index (χ1v) is 7.21. The first kappa shape index (κ1) is 15.2. The van der Waals surface area contributed by atoms with Gasteiger partial charge in [-0.15, -0.1) is 6.58 Å². The molecule has 0 spiro atoms. The third-order valence-electron chi connectivity index (χ3n) is 3.67. The molecule has 0 saturated heterocycles. The van der Waals surface area contributed by atoms with Gasteiger partial charge in [0, 0.05) is 12.1 Å². The summed E-state index contributed by atoms with van der Waals surface area (Å²) in [6, 6.07) is 1.10. The Labute approximate surface area is 111 Å². The standard InChI is InChI=1S/C15H27NO2/c1-4-6-7-12(3)16-14-10-8-13(9-11-14)15(17)18-5-2/h4,12-14,16H,1,5-11H2,2-3H3. The predicted molar refractivity (Wildman–Crippen MR) is 74.4 cm³/mol. The lowest BCUT2D eigenvalue weighted by atomic mass is 9.85. The molecule has 1 N–H and O–H groups in total. The molecule has 1 rings (SSSR count). The van der Waals surface area contributed by atoms with Crippen molar-refractivity contribution in [2.45, 2.75) is 64.5 Å². The van der Waals surface area contributed by atoms with Crippen molar-refractivity contribution in [2.75, 3.05) is 6.61 Å². The first-order valence-electron chi connectivity index (χ1n) is 7.21. The van der Waals surface area contributed by atoms with Gasteiger partial charge in [-0.25, -0.2) is 0 Å². The number of ether oxygens (including phenoxy) is 1. The van der Waals surface area contributed by atoms with Crippen LogP contribution in [0.3, 0.4) is 0 Å². The second kappa shape index (κ2) is 8.30. The van der Waals surface area contributed by atoms with Crippen molar-refractivity contribution in [3.63, 3.8) is 0 Å². The Morgan fingerprint density at radius 3 is 2.67 bits per heavy atom. The molecule has 1 aliphatic rings. The molecule has 0 amide bonds. The van der Waals surface area contributed by atoms with Crippen LogP contribution in [0.1, 0.15) is 52.4 Å². The van der Waals surface area contributed by atoms with Crippen molar-refractivity contribution in [3.8, 4) is 0 Å². The molecule has 3 heteroatoms. The quantitative estimate of drug-likeness (QED) is 0.560. The van der Waals surface area contributed by atoms with Crippen LogP contribution in [0, 0.1) is 5.92 Å². The zero-order valence-electron chi connectivity index (χ0n) is 11.8. The zero-order valence-corrected chi connectivity index (χ0v) is 11.8. The van der Waals surface area contributed by atoms with E-state index in [-0.39, 0.29) is 11.9 Å². The van der Waals surface area contributed by atoms with E-state index >= 15 is 0 Å². The molecule has 0 heterocycles. The molecule has 0 aliphatic heterocycles. The fraction of sp³-hybridized carbons (Fsp3) is 0.800. The van der Waals surface area contributed by atoms with E-state index in [1.54, 1.807) is 0 Å². The van der Waals surface area contributed by atoms with Gasteiger partial charge < -0.3 is 10.1 Å². The summed E-state index contributed by atoms with van der Waals surface area (Å²) in [6.45, 7) is 8.33. The summed E-state index contributed by atoms with van der Waals surface area (Å²) in [7, 11) is 0. The minimum Gasteiger partial charge on any atom is -0.466 e. The maximum Gasteiger partial charge on any atom is 0.308 e. The van der Waals surface area contributed by atoms with E-state index in [0.29, 0.717) is 18.7 Å². The molecule has 1 saturated carbocycles. The fourth-order valence-corrected chi connectivity index (χ4v) is 2.61. The van der Waals surface area contributed by atoms with Crippen molar-refractivity contribution in [3.05, 3.63) is 12.7 Å². The lowest BCUT2D eigenvalue weighted by Gasteiger charge is -2.30. The number of nitrogens with one attached hydrogen (secondary N) is 1. The Hall–Kier alpha value is -0.830. The topological polar surface area (TPSA) is 38.3 Å². The van der Waals surface area contributed by atoms with Crippen LogP contribution in [0.25, 0.3) is 0 Å². The van der Waals surface area contributed by atoms with Crippen molar-refractivity contribution in [1.29, 1.82) is 0 Å². The van der Waals surface area contributed by atoms with Crippen LogP contribution in [0.15, 0.2) is 12.7 Å². The molecule has 1 unspecified atom stereocenters. The largest absolute Gasteiger partial charge is 0.466 e. The number of allylic oxidation sites excluding steroid dienone is 1. The van der Waals surface area contributed by atoms with Gasteiger partial charge in [0.05, 0.1) is 12.5 Å². The molecular formula is C15H27NO2. The van der Waals surface area contributed by atoms with Crippen LogP contribution in [-0.2, 0) is 9.53 Å². The summed E-state index contributed by atoms with van der Waals surface area (Å²) in [5.74, 6) is 0.127. The lowest BCUT2D eigenvalue weighted by Crippen LogP contribution is -2.40. The summed E-state index contributed by atoms with van der Waals surface area (Å²) >= 11 is 0. The van der Waals surface area contributed by atoms with E-state index in [9.17, 15) is 4.79 Å². The molecule has 0 radical (unpaired) electrons. The molecule has 1 fully saturated rings. The SMILES string of the molecule is C=CCCC(C)NC1CCC(C(=O)OCC)CC1. The van der Waals surface area contributed by atoms with E-state index in [1.165, 1.54) is 0 Å². The van der Waals surface area contributed by atoms with Crippen LogP contribution in [-0.4, -0.2) is 24.7 Å². The summed E-state index contributed by atoms with van der Waals surface area (Å²) in [4.78, 5) is 11.6. The Balaban J connectivity index is 2.22. The molecule has 0 aromatic heterocycles. The monoisotopic (exact) mass is 253 g/mol. The number of esters is 1. The van der Waals surface area contributed by atoms with E-state index in [1.807, 2.05) is 13.0 Å². The van der Waals surface area contributed by atoms with Crippen molar-refractivity contribution in [1.82, 2.24) is 5.32 Å². The highest BCUT2D eigenvalue weighted by molar-refractivity contribution is 5.72. The molecule has 0 aromatic carbocycles. The average Bonchev–Trinajstić information content (AvgIpc) is 2.37. The summed E-state index contributed by atoms with van der Waals surface area (Å²) in [6.07, 6.45) is 8.27. The molecule has 0 bridgehead atoms. The van der Waals surface area contributed by atoms with Gasteiger partial charge in [-0.2, -0.15) is 0 Å². The Bertz CT molecular complexity index is 257. The van der Waals surface area contributed by atoms with Crippen LogP contribution in [0.4, 0.5) is 0 Å². The Kier molecular flexibility index (Phi) is 7.02. The average molecular weight is 253 g/mol. The zero-order chi connectivity index (χ0) is 13.4. The van der Waals surface area contributed by atoms with Crippen molar-refractivity contribution >= 4 is 5.97 Å². The van der Waals surface area contributed by atoms with Crippen LogP contribution in [0.5, 0.6) is 0 Å². The van der Waals surface area contributed by atoms with E-state index < -0.39 is 0 Å². The van der Waals surface area contributed by atoms with Gasteiger partial charge in [-0.3, -0.25) is 4.79 Å². The summed E-state index contributed by atoms with van der Waals surface area (Å²) in [5, 5.41) is 3.65. The van der Waals surface area contributed by atoms with Gasteiger partial charge in [-0.05, 0) is 52.4 Å². The minimum absolute atomic E-state index is 0.00402. The predicted octanol–water partition coefficient (Wildman–Crippen LogP) is 3.05. The number of hydrogen-bond donors (Lipinski definition) is 1. The second-order valence-corrected chi connectivity index (χ2v) is 5.23. The van der Waals surface area contributed by atoms with Crippen molar-refractivity contribution < 1.29 is 9.53 Å². The molecule has 18 heavy (non-hydrogen) atoms. The molecule has 104 valence electrons. The van der Waals surface area contributed by atoms with E-state index in [0.717, 1.165) is 38.5 Å². The van der Waals surface area contributed by atoms with Gasteiger partial charge in [-0.1, -0.05) is 6.08 Å². The highest BCUT2D eigenvalue weighted by atomic mass is 16.5. The highest BCUT2D eigenvalue weighted by Gasteiger charge is 2.27. The maximum absolute atomic E-state index is 11.6. The van der Waals surface area contributed by atoms with Gasteiger partial charge in [0.15, 0.2) is 0 Å². The third-order valence-corrected chi connectivity index (χ3v) is 3.67. The minimum atomic E-state index is -0.00402. The number of hydrogen-bond acceptors (Lipinski definition) is 3. The van der Waals surface area contributed by atoms with Gasteiger partial charge in [0.25, 0.3) is 0 Å². The number of carbonyl (C=O) groups excluding carboxylic acids is 1. The number of rotatable bonds is 7. The van der Waals surface area contributed by atoms with E-state index in [2.05, 4.69) is 18.8 Å². The fourth-order valence-electron chi connectivity index (χ4n) is 2.61. The van der Waals surface area contributed by atoms with Crippen LogP contribution in [0.2, 0.25) is 0 Å². The molecule has 1 atom stereocenters. The van der Waals surface area contributed by atoms with Crippen molar-refractivity contribution in [2.24, 2.45) is 5.92 Å². The van der Waals surface area contributed by atoms with Gasteiger partial charge >= 0.3 is 5.97 Å². The van der Waals surface area contributed by atoms with Crippen LogP contribution >= 0.6 is 0 Å². The molecule has 1 aliphatic carbocycles. The summed E-state index contributed by atoms with van der Waals surface area (Å²) < 4.78 is 5.08. The van der Waals surface area contributed by atoms with Gasteiger partial charge in [0.2, 0.25) is 0 Å². The Morgan fingerprint density at radius 1 is 1.44 bits per heavy atom. The molecule has 0 aromatic rings. The maximum atomic E-state index is 11.6. The number of carbonyl (C=O) groups is 1. The smallest absolute Gasteiger partial charge is 0.308 e. The second-order valence-electron chi connectivity index (χ2n) is 5.23. The Morgan fingerprint density at radius 2 is 2.11 bits per heavy atom.